The van der Waals surface area contributed by atoms with Gasteiger partial charge >= 0.3 is 11.9 Å². The number of aliphatic hydroxyl groups excluding tert-OH is 1. The predicted octanol–water partition coefficient (Wildman–Crippen LogP) is 3.89. The second-order valence-electron chi connectivity index (χ2n) is 10.5. The van der Waals surface area contributed by atoms with Gasteiger partial charge in [-0.05, 0) is 30.9 Å². The van der Waals surface area contributed by atoms with Crippen molar-refractivity contribution in [2.24, 2.45) is 34.5 Å². The summed E-state index contributed by atoms with van der Waals surface area (Å²) in [6.45, 7) is 7.20. The Kier molecular flexibility index (Phi) is 6.06. The fourth-order valence-electron chi connectivity index (χ4n) is 7.66. The number of aliphatic hydroxyl groups is 1. The van der Waals surface area contributed by atoms with Crippen molar-refractivity contribution in [1.29, 1.82) is 0 Å². The van der Waals surface area contributed by atoms with Gasteiger partial charge in [0.1, 0.15) is 6.17 Å². The first-order chi connectivity index (χ1) is 15.5. The molecule has 0 aromatic rings. The number of ketones is 1. The van der Waals surface area contributed by atoms with E-state index in [0.717, 1.165) is 0 Å². The van der Waals surface area contributed by atoms with Crippen molar-refractivity contribution in [3.05, 3.63) is 23.8 Å². The van der Waals surface area contributed by atoms with E-state index >= 15 is 4.39 Å². The third-order valence-electron chi connectivity index (χ3n) is 9.07. The van der Waals surface area contributed by atoms with Crippen molar-refractivity contribution in [2.45, 2.75) is 71.3 Å². The molecule has 4 aliphatic carbocycles. The molecule has 0 radical (unpaired) electrons. The lowest BCUT2D eigenvalue weighted by Crippen LogP contribution is -2.65. The number of alkyl halides is 2. The summed E-state index contributed by atoms with van der Waals surface area (Å²) in [4.78, 5) is 37.8. The monoisotopic (exact) mass is 482 g/mol. The molecule has 0 saturated heterocycles. The smallest absolute Gasteiger partial charge is 0.352 e. The normalized spacial score (nSPS) is 46.0. The lowest BCUT2D eigenvalue weighted by atomic mass is 9.46. The van der Waals surface area contributed by atoms with Crippen LogP contribution in [-0.2, 0) is 23.9 Å². The van der Waals surface area contributed by atoms with E-state index in [2.05, 4.69) is 0 Å². The molecule has 0 aliphatic heterocycles. The van der Waals surface area contributed by atoms with Crippen LogP contribution < -0.4 is 0 Å². The Balaban J connectivity index is 1.83. The minimum atomic E-state index is -1.67. The molecule has 1 N–H and O–H groups in total. The molecular formula is C25H32ClFO6. The highest BCUT2D eigenvalue weighted by Crippen LogP contribution is 2.69. The Hall–Kier alpha value is -1.73. The van der Waals surface area contributed by atoms with Crippen LogP contribution in [0.1, 0.15) is 53.4 Å². The van der Waals surface area contributed by atoms with E-state index in [-0.39, 0.29) is 31.0 Å². The van der Waals surface area contributed by atoms with Crippen LogP contribution in [0.25, 0.3) is 0 Å². The van der Waals surface area contributed by atoms with E-state index in [1.165, 1.54) is 12.2 Å². The van der Waals surface area contributed by atoms with E-state index in [4.69, 9.17) is 21.1 Å². The Bertz CT molecular complexity index is 932. The second-order valence-corrected chi connectivity index (χ2v) is 10.8. The number of carbonyl (C=O) groups is 3. The van der Waals surface area contributed by atoms with Crippen molar-refractivity contribution in [1.82, 2.24) is 0 Å². The van der Waals surface area contributed by atoms with Crippen LogP contribution in [0.4, 0.5) is 4.39 Å². The van der Waals surface area contributed by atoms with Crippen molar-refractivity contribution < 1.29 is 33.4 Å². The number of halogens is 2. The first kappa shape index (κ1) is 24.4. The zero-order chi connectivity index (χ0) is 24.3. The maximum atomic E-state index is 15.9. The number of rotatable bonds is 4. The molecule has 6 nitrogen and oxygen atoms in total. The summed E-state index contributed by atoms with van der Waals surface area (Å²) >= 11 is 5.71. The van der Waals surface area contributed by atoms with Gasteiger partial charge in [0.2, 0.25) is 5.60 Å². The van der Waals surface area contributed by atoms with E-state index < -0.39 is 64.5 Å². The molecule has 0 spiro atoms. The molecule has 3 fully saturated rings. The fourth-order valence-corrected chi connectivity index (χ4v) is 7.76. The molecule has 3 saturated carbocycles. The summed E-state index contributed by atoms with van der Waals surface area (Å²) in [5, 5.41) is 11.5. The standard InChI is InChI=1S/C25H32ClFO6/c1-5-19(30)33-25(22(31)32-12-26)13(2)8-16-20-17(27)10-14-9-15(28)6-7-23(14,3)21(20)18(29)11-24(16,25)4/h6-7,9,13,16-18,20-21,29H,5,8,10-12H2,1-4H3/t13-,16-,17+,18-,20+,21-,23-,24-,25+/m0/s1. The van der Waals surface area contributed by atoms with Crippen LogP contribution in [0.3, 0.4) is 0 Å². The zero-order valence-electron chi connectivity index (χ0n) is 19.5. The second kappa shape index (κ2) is 8.19. The van der Waals surface area contributed by atoms with Crippen molar-refractivity contribution in [3.63, 3.8) is 0 Å². The van der Waals surface area contributed by atoms with Gasteiger partial charge in [-0.25, -0.2) is 9.18 Å². The highest BCUT2D eigenvalue weighted by molar-refractivity contribution is 6.17. The summed E-state index contributed by atoms with van der Waals surface area (Å²) in [6, 6.07) is -0.400. The molecule has 182 valence electrons. The fraction of sp³-hybridized carbons (Fsp3) is 0.720. The molecule has 0 heterocycles. The number of allylic oxidation sites excluding steroid dienone is 4. The maximum absolute atomic E-state index is 15.9. The Morgan fingerprint density at radius 2 is 2.03 bits per heavy atom. The van der Waals surface area contributed by atoms with E-state index in [9.17, 15) is 19.5 Å². The molecule has 4 rings (SSSR count). The van der Waals surface area contributed by atoms with Crippen LogP contribution >= 0.6 is 11.6 Å². The summed E-state index contributed by atoms with van der Waals surface area (Å²) in [7, 11) is 0. The Morgan fingerprint density at radius 3 is 2.67 bits per heavy atom. The van der Waals surface area contributed by atoms with Gasteiger partial charge < -0.3 is 14.6 Å². The third kappa shape index (κ3) is 3.25. The van der Waals surface area contributed by atoms with Crippen molar-refractivity contribution in [3.8, 4) is 0 Å². The van der Waals surface area contributed by atoms with Gasteiger partial charge in [0, 0.05) is 41.4 Å². The van der Waals surface area contributed by atoms with Crippen LogP contribution in [0.15, 0.2) is 23.8 Å². The SMILES string of the molecule is CCC(=O)O[C@@]1(C(=O)OCCl)[C@@H](C)C[C@H]2[C@H]3[C@H]([C@@H](O)C[C@@]21C)[C@@]1(C)C=CC(=O)C=C1C[C@H]3F. The molecule has 4 aliphatic rings. The lowest BCUT2D eigenvalue weighted by Gasteiger charge is -2.60. The molecule has 0 aromatic heterocycles. The molecule has 0 unspecified atom stereocenters. The van der Waals surface area contributed by atoms with Crippen LogP contribution in [0.2, 0.25) is 0 Å². The number of hydrogen-bond donors (Lipinski definition) is 1. The first-order valence-corrected chi connectivity index (χ1v) is 12.2. The Labute approximate surface area is 198 Å². The van der Waals surface area contributed by atoms with Crippen molar-refractivity contribution >= 4 is 29.3 Å². The molecule has 8 heteroatoms. The average Bonchev–Trinajstić information content (AvgIpc) is 2.96. The van der Waals surface area contributed by atoms with E-state index in [1.54, 1.807) is 19.9 Å². The molecule has 0 bridgehead atoms. The van der Waals surface area contributed by atoms with E-state index in [1.807, 2.05) is 13.8 Å². The molecule has 9 atom stereocenters. The zero-order valence-corrected chi connectivity index (χ0v) is 20.2. The van der Waals surface area contributed by atoms with Crippen LogP contribution in [-0.4, -0.2) is 46.8 Å². The van der Waals surface area contributed by atoms with Gasteiger partial charge in [-0.1, -0.05) is 50.9 Å². The van der Waals surface area contributed by atoms with E-state index in [0.29, 0.717) is 12.0 Å². The largest absolute Gasteiger partial charge is 0.446 e. The topological polar surface area (TPSA) is 89.9 Å². The van der Waals surface area contributed by atoms with Gasteiger partial charge in [0.25, 0.3) is 0 Å². The summed E-state index contributed by atoms with van der Waals surface area (Å²) in [6.07, 6.45) is 3.23. The van der Waals surface area contributed by atoms with Gasteiger partial charge in [0.15, 0.2) is 11.8 Å². The highest BCUT2D eigenvalue weighted by Gasteiger charge is 2.75. The van der Waals surface area contributed by atoms with Crippen LogP contribution in [0, 0.1) is 34.5 Å². The minimum absolute atomic E-state index is 0.0643. The number of fused-ring (bicyclic) bond motifs is 5. The molecule has 33 heavy (non-hydrogen) atoms. The highest BCUT2D eigenvalue weighted by atomic mass is 35.5. The lowest BCUT2D eigenvalue weighted by molar-refractivity contribution is -0.220. The molecule has 0 aromatic carbocycles. The maximum Gasteiger partial charge on any atom is 0.352 e. The summed E-state index contributed by atoms with van der Waals surface area (Å²) in [5.41, 5.74) is -2.67. The number of esters is 2. The van der Waals surface area contributed by atoms with Gasteiger partial charge in [0.05, 0.1) is 6.10 Å². The Morgan fingerprint density at radius 1 is 1.33 bits per heavy atom. The summed E-state index contributed by atoms with van der Waals surface area (Å²) in [5.74, 6) is -3.32. The van der Waals surface area contributed by atoms with Crippen molar-refractivity contribution in [2.75, 3.05) is 6.07 Å². The van der Waals surface area contributed by atoms with Gasteiger partial charge in [-0.15, -0.1) is 0 Å². The molecular weight excluding hydrogens is 451 g/mol. The predicted molar refractivity (Wildman–Crippen MR) is 119 cm³/mol. The average molecular weight is 483 g/mol. The number of carbonyl (C=O) groups excluding carboxylic acids is 3. The number of ether oxygens (including phenoxy) is 2. The minimum Gasteiger partial charge on any atom is -0.446 e. The quantitative estimate of drug-likeness (QED) is 0.483. The number of hydrogen-bond acceptors (Lipinski definition) is 6. The summed E-state index contributed by atoms with van der Waals surface area (Å²) < 4.78 is 27.0. The van der Waals surface area contributed by atoms with Gasteiger partial charge in [-0.2, -0.15) is 0 Å². The third-order valence-corrected chi connectivity index (χ3v) is 9.18. The van der Waals surface area contributed by atoms with Gasteiger partial charge in [-0.3, -0.25) is 9.59 Å². The van der Waals surface area contributed by atoms with Crippen LogP contribution in [0.5, 0.6) is 0 Å². The first-order valence-electron chi connectivity index (χ1n) is 11.7. The molecule has 0 amide bonds.